The maximum Gasteiger partial charge on any atom is 0.342 e. The number of fused-ring (bicyclic) bond motifs is 9. The monoisotopic (exact) mass is 526 g/mol. The van der Waals surface area contributed by atoms with Crippen LogP contribution in [-0.4, -0.2) is 73.6 Å². The van der Waals surface area contributed by atoms with E-state index < -0.39 is 81.1 Å². The zero-order valence-electron chi connectivity index (χ0n) is 21.4. The number of allylic oxidation sites excluding steroid dienone is 3. The average Bonchev–Trinajstić information content (AvgIpc) is 3.19. The lowest BCUT2D eigenvalue weighted by atomic mass is 9.47. The minimum atomic E-state index is -2.71. The third kappa shape index (κ3) is 2.15. The molecule has 4 bridgehead atoms. The molecule has 1 spiro atoms. The van der Waals surface area contributed by atoms with Gasteiger partial charge in [0, 0.05) is 11.0 Å². The van der Waals surface area contributed by atoms with Crippen LogP contribution in [0.4, 0.5) is 0 Å². The fraction of sp³-hybridized carbons (Fsp3) is 0.643. The number of carbonyl (C=O) groups excluding carboxylic acids is 4. The van der Waals surface area contributed by atoms with Gasteiger partial charge in [0.2, 0.25) is 5.79 Å². The van der Waals surface area contributed by atoms with Crippen molar-refractivity contribution in [2.75, 3.05) is 0 Å². The summed E-state index contributed by atoms with van der Waals surface area (Å²) < 4.78 is 17.8. The molecule has 7 aliphatic rings. The zero-order valence-corrected chi connectivity index (χ0v) is 21.4. The van der Waals surface area contributed by atoms with E-state index in [0.717, 1.165) is 0 Å². The highest BCUT2D eigenvalue weighted by Gasteiger charge is 2.92. The topological polar surface area (TPSA) is 157 Å². The van der Waals surface area contributed by atoms with Crippen molar-refractivity contribution in [3.05, 3.63) is 36.0 Å². The van der Waals surface area contributed by atoms with E-state index in [1.807, 2.05) is 0 Å². The quantitative estimate of drug-likeness (QED) is 0.230. The Kier molecular flexibility index (Phi) is 4.20. The summed E-state index contributed by atoms with van der Waals surface area (Å²) >= 11 is 0. The molecule has 10 nitrogen and oxygen atoms in total. The van der Waals surface area contributed by atoms with Gasteiger partial charge in [-0.05, 0) is 51.5 Å². The lowest BCUT2D eigenvalue weighted by Gasteiger charge is -2.60. The lowest BCUT2D eigenvalue weighted by Crippen LogP contribution is -2.77. The van der Waals surface area contributed by atoms with Gasteiger partial charge >= 0.3 is 11.9 Å². The first-order chi connectivity index (χ1) is 17.6. The van der Waals surface area contributed by atoms with Gasteiger partial charge in [0.25, 0.3) is 0 Å². The maximum absolute atomic E-state index is 14.6. The molecule has 11 atom stereocenters. The molecule has 38 heavy (non-hydrogen) atoms. The molecule has 0 aromatic rings. The Balaban J connectivity index is 1.52. The van der Waals surface area contributed by atoms with Gasteiger partial charge in [-0.3, -0.25) is 9.59 Å². The maximum atomic E-state index is 14.6. The molecule has 0 aromatic heterocycles. The molecule has 3 aliphatic carbocycles. The number of aliphatic hydroxyl groups excluding tert-OH is 1. The predicted octanol–water partition coefficient (Wildman–Crippen LogP) is 0.430. The van der Waals surface area contributed by atoms with Gasteiger partial charge in [-0.2, -0.15) is 0 Å². The Bertz CT molecular complexity index is 1350. The van der Waals surface area contributed by atoms with Crippen molar-refractivity contribution in [1.82, 2.24) is 0 Å². The number of Topliss-reactive ketones (excluding diaryl/α,β-unsaturated/α-hetero) is 1. The Hall–Kier alpha value is -2.66. The van der Waals surface area contributed by atoms with Crippen molar-refractivity contribution < 1.29 is 48.7 Å². The van der Waals surface area contributed by atoms with Crippen LogP contribution >= 0.6 is 0 Å². The summed E-state index contributed by atoms with van der Waals surface area (Å²) in [6.07, 6.45) is 2.38. The molecule has 5 unspecified atom stereocenters. The number of hydrogen-bond donors (Lipinski definition) is 3. The lowest BCUT2D eigenvalue weighted by molar-refractivity contribution is -0.344. The highest BCUT2D eigenvalue weighted by atomic mass is 16.7. The smallest absolute Gasteiger partial charge is 0.342 e. The highest BCUT2D eigenvalue weighted by Crippen LogP contribution is 2.73. The van der Waals surface area contributed by atoms with Crippen LogP contribution in [0.1, 0.15) is 46.5 Å². The zero-order chi connectivity index (χ0) is 27.4. The van der Waals surface area contributed by atoms with E-state index in [1.54, 1.807) is 19.9 Å². The molecule has 7 rings (SSSR count). The van der Waals surface area contributed by atoms with E-state index in [0.29, 0.717) is 12.0 Å². The minimum absolute atomic E-state index is 0.00631. The molecule has 0 amide bonds. The summed E-state index contributed by atoms with van der Waals surface area (Å²) in [4.78, 5) is 54.4. The number of hydrogen-bond acceptors (Lipinski definition) is 10. The Morgan fingerprint density at radius 1 is 1.11 bits per heavy atom. The first kappa shape index (κ1) is 24.4. The molecule has 0 aromatic carbocycles. The first-order valence-corrected chi connectivity index (χ1v) is 13.1. The van der Waals surface area contributed by atoms with Gasteiger partial charge in [-0.15, -0.1) is 0 Å². The second kappa shape index (κ2) is 6.55. The van der Waals surface area contributed by atoms with Gasteiger partial charge in [0.15, 0.2) is 28.4 Å². The van der Waals surface area contributed by atoms with Crippen LogP contribution in [0.2, 0.25) is 0 Å². The summed E-state index contributed by atoms with van der Waals surface area (Å²) in [5.41, 5.74) is -8.34. The number of aliphatic hydroxyl groups is 3. The van der Waals surface area contributed by atoms with Gasteiger partial charge < -0.3 is 29.5 Å². The predicted molar refractivity (Wildman–Crippen MR) is 126 cm³/mol. The van der Waals surface area contributed by atoms with Crippen molar-refractivity contribution in [1.29, 1.82) is 0 Å². The summed E-state index contributed by atoms with van der Waals surface area (Å²) in [7, 11) is 0. The van der Waals surface area contributed by atoms with E-state index in [9.17, 15) is 34.5 Å². The van der Waals surface area contributed by atoms with Crippen LogP contribution in [0.25, 0.3) is 0 Å². The second-order valence-corrected chi connectivity index (χ2v) is 12.7. The van der Waals surface area contributed by atoms with E-state index in [4.69, 9.17) is 14.2 Å². The van der Waals surface area contributed by atoms with Crippen molar-refractivity contribution in [2.45, 2.75) is 81.3 Å². The molecule has 4 heterocycles. The van der Waals surface area contributed by atoms with Crippen molar-refractivity contribution >= 4 is 23.5 Å². The van der Waals surface area contributed by atoms with E-state index in [2.05, 4.69) is 6.58 Å². The summed E-state index contributed by atoms with van der Waals surface area (Å²) in [6, 6.07) is 0. The van der Waals surface area contributed by atoms with Gasteiger partial charge in [0.1, 0.15) is 6.10 Å². The Morgan fingerprint density at radius 2 is 1.82 bits per heavy atom. The number of ketones is 2. The first-order valence-electron chi connectivity index (χ1n) is 13.1. The van der Waals surface area contributed by atoms with Crippen LogP contribution in [0, 0.1) is 28.6 Å². The van der Waals surface area contributed by atoms with Crippen molar-refractivity contribution in [3.8, 4) is 0 Å². The SMILES string of the molecule is C=C1C(=O)O[C@@H]2C[C@@]1(C)[C@@H]1C(=O)[C@@]3(O)OC14C(O)(CCC1[C@H]3C(O)C=C3CC=CC(=O)[C@@]31C)C(=O)OC24C. The number of esters is 2. The van der Waals surface area contributed by atoms with Crippen LogP contribution in [0.3, 0.4) is 0 Å². The summed E-state index contributed by atoms with van der Waals surface area (Å²) in [5, 5.41) is 36.0. The highest BCUT2D eigenvalue weighted by molar-refractivity contribution is 6.02. The van der Waals surface area contributed by atoms with Gasteiger partial charge in [0.05, 0.1) is 23.4 Å². The van der Waals surface area contributed by atoms with Gasteiger partial charge in [-0.25, -0.2) is 9.59 Å². The number of ether oxygens (including phenoxy) is 3. The molecule has 10 heteroatoms. The fourth-order valence-corrected chi connectivity index (χ4v) is 9.26. The Morgan fingerprint density at radius 3 is 2.53 bits per heavy atom. The van der Waals surface area contributed by atoms with Crippen molar-refractivity contribution in [2.24, 2.45) is 28.6 Å². The van der Waals surface area contributed by atoms with E-state index in [1.165, 1.54) is 19.1 Å². The van der Waals surface area contributed by atoms with E-state index >= 15 is 0 Å². The largest absolute Gasteiger partial charge is 0.455 e. The molecular weight excluding hydrogens is 496 g/mol. The normalized spacial score (nSPS) is 56.2. The van der Waals surface area contributed by atoms with Crippen molar-refractivity contribution in [3.63, 3.8) is 0 Å². The van der Waals surface area contributed by atoms with E-state index in [-0.39, 0.29) is 30.6 Å². The summed E-state index contributed by atoms with van der Waals surface area (Å²) in [6.45, 7) is 8.65. The minimum Gasteiger partial charge on any atom is -0.455 e. The molecule has 1 saturated carbocycles. The molecule has 4 saturated heterocycles. The molecule has 202 valence electrons. The third-order valence-corrected chi connectivity index (χ3v) is 11.3. The fourth-order valence-electron chi connectivity index (χ4n) is 9.26. The van der Waals surface area contributed by atoms with Crippen LogP contribution in [0.15, 0.2) is 36.0 Å². The Labute approximate surface area is 218 Å². The average molecular weight is 527 g/mol. The molecule has 4 aliphatic heterocycles. The van der Waals surface area contributed by atoms with Crippen LogP contribution < -0.4 is 0 Å². The molecule has 3 N–H and O–H groups in total. The molecule has 5 fully saturated rings. The standard InChI is InChI=1S/C28H30O10/c1-12-21(32)36-17-11-23(12,2)19-20(31)27(35)18-14(24(3)13(10-15(18)29)6-5-7-16(24)30)8-9-26(34)22(33)37-25(17,4)28(19,26)38-27/h5,7,10,14-15,17-19,29,34-35H,1,6,8-9,11H2,2-4H3/t14?,15?,17-,18+,19+,23-,24+,25?,26?,27+,28?/m1/s1. The van der Waals surface area contributed by atoms with Crippen LogP contribution in [-0.2, 0) is 33.4 Å². The number of carbonyl (C=O) groups is 4. The summed E-state index contributed by atoms with van der Waals surface area (Å²) in [5.74, 6) is -9.26. The van der Waals surface area contributed by atoms with Gasteiger partial charge in [-0.1, -0.05) is 31.2 Å². The molecule has 0 radical (unpaired) electrons. The second-order valence-electron chi connectivity index (χ2n) is 12.7. The third-order valence-electron chi connectivity index (χ3n) is 11.3. The van der Waals surface area contributed by atoms with Crippen LogP contribution in [0.5, 0.6) is 0 Å². The number of rotatable bonds is 0. The molecular formula is C28H30O10.